The average molecular weight is 299 g/mol. The molecule has 110 valence electrons. The number of methoxy groups -OCH3 is 1. The molecule has 20 heavy (non-hydrogen) atoms. The van der Waals surface area contributed by atoms with Gasteiger partial charge >= 0.3 is 0 Å². The van der Waals surface area contributed by atoms with Gasteiger partial charge in [0.1, 0.15) is 0 Å². The van der Waals surface area contributed by atoms with Crippen molar-refractivity contribution < 1.29 is 9.66 Å². The van der Waals surface area contributed by atoms with Gasteiger partial charge in [0, 0.05) is 37.4 Å². The van der Waals surface area contributed by atoms with Crippen LogP contribution in [0.3, 0.4) is 0 Å². The molecule has 1 aliphatic rings. The van der Waals surface area contributed by atoms with Crippen LogP contribution in [0.25, 0.3) is 0 Å². The van der Waals surface area contributed by atoms with Crippen LogP contribution in [0.5, 0.6) is 0 Å². The fraction of sp³-hybridized carbons (Fsp3) is 0.571. The molecule has 1 saturated heterocycles. The van der Waals surface area contributed by atoms with Crippen LogP contribution in [-0.2, 0) is 11.3 Å². The van der Waals surface area contributed by atoms with E-state index in [9.17, 15) is 10.1 Å². The Hall–Kier alpha value is -1.17. The zero-order valence-electron chi connectivity index (χ0n) is 11.8. The van der Waals surface area contributed by atoms with Crippen molar-refractivity contribution >= 4 is 17.3 Å². The highest BCUT2D eigenvalue weighted by atomic mass is 35.5. The van der Waals surface area contributed by atoms with E-state index in [1.807, 2.05) is 0 Å². The summed E-state index contributed by atoms with van der Waals surface area (Å²) in [4.78, 5) is 12.7. The Morgan fingerprint density at radius 2 is 2.30 bits per heavy atom. The van der Waals surface area contributed by atoms with Crippen LogP contribution in [0.15, 0.2) is 18.2 Å². The molecular formula is C14H19ClN2O3. The molecular weight excluding hydrogens is 280 g/mol. The minimum absolute atomic E-state index is 0.0795. The molecule has 1 fully saturated rings. The molecule has 0 amide bonds. The molecule has 1 aromatic rings. The predicted molar refractivity (Wildman–Crippen MR) is 78.0 cm³/mol. The van der Waals surface area contributed by atoms with E-state index in [1.165, 1.54) is 6.07 Å². The van der Waals surface area contributed by atoms with Crippen molar-refractivity contribution in [3.05, 3.63) is 38.9 Å². The molecule has 5 nitrogen and oxygen atoms in total. The second-order valence-corrected chi connectivity index (χ2v) is 5.91. The lowest BCUT2D eigenvalue weighted by molar-refractivity contribution is -0.384. The Balaban J connectivity index is 2.13. The van der Waals surface area contributed by atoms with Crippen molar-refractivity contribution in [1.29, 1.82) is 0 Å². The first-order valence-electron chi connectivity index (χ1n) is 6.64. The van der Waals surface area contributed by atoms with Crippen molar-refractivity contribution in [1.82, 2.24) is 4.90 Å². The zero-order chi connectivity index (χ0) is 14.8. The van der Waals surface area contributed by atoms with Gasteiger partial charge in [0.25, 0.3) is 5.69 Å². The highest BCUT2D eigenvalue weighted by molar-refractivity contribution is 6.31. The van der Waals surface area contributed by atoms with E-state index < -0.39 is 4.92 Å². The Labute approximate surface area is 123 Å². The number of nitrogens with zero attached hydrogens (tertiary/aromatic N) is 2. The number of halogens is 1. The molecule has 0 N–H and O–H groups in total. The van der Waals surface area contributed by atoms with Crippen molar-refractivity contribution in [2.45, 2.75) is 31.9 Å². The topological polar surface area (TPSA) is 55.6 Å². The van der Waals surface area contributed by atoms with Crippen LogP contribution in [0, 0.1) is 10.1 Å². The third kappa shape index (κ3) is 3.48. The lowest BCUT2D eigenvalue weighted by Crippen LogP contribution is -2.46. The summed E-state index contributed by atoms with van der Waals surface area (Å²) >= 11 is 6.14. The van der Waals surface area contributed by atoms with Gasteiger partial charge in [0.2, 0.25) is 0 Å². The highest BCUT2D eigenvalue weighted by Crippen LogP contribution is 2.28. The van der Waals surface area contributed by atoms with Crippen LogP contribution in [-0.4, -0.2) is 35.6 Å². The average Bonchev–Trinajstić information content (AvgIpc) is 2.41. The lowest BCUT2D eigenvalue weighted by atomic mass is 9.94. The van der Waals surface area contributed by atoms with Gasteiger partial charge in [0.15, 0.2) is 0 Å². The Morgan fingerprint density at radius 3 is 2.95 bits per heavy atom. The molecule has 0 radical (unpaired) electrons. The number of nitro groups is 1. The van der Waals surface area contributed by atoms with E-state index in [2.05, 4.69) is 11.8 Å². The lowest BCUT2D eigenvalue weighted by Gasteiger charge is -2.39. The molecule has 0 aromatic heterocycles. The van der Waals surface area contributed by atoms with Crippen LogP contribution >= 0.6 is 11.6 Å². The first kappa shape index (κ1) is 15.2. The van der Waals surface area contributed by atoms with Crippen LogP contribution < -0.4 is 0 Å². The standard InChI is InChI=1S/C14H19ClN2O3/c1-14(20-2)6-3-7-16(10-14)9-11-8-12(17(18)19)4-5-13(11)15/h4-5,8H,3,6-7,9-10H2,1-2H3. The minimum atomic E-state index is -0.394. The van der Waals surface area contributed by atoms with Crippen LogP contribution in [0.4, 0.5) is 5.69 Å². The number of likely N-dealkylation sites (tertiary alicyclic amines) is 1. The zero-order valence-corrected chi connectivity index (χ0v) is 12.5. The largest absolute Gasteiger partial charge is 0.377 e. The number of rotatable bonds is 4. The van der Waals surface area contributed by atoms with E-state index in [-0.39, 0.29) is 11.3 Å². The third-order valence-corrected chi connectivity index (χ3v) is 4.23. The van der Waals surface area contributed by atoms with Crippen molar-refractivity contribution in [2.75, 3.05) is 20.2 Å². The van der Waals surface area contributed by atoms with Crippen LogP contribution in [0.1, 0.15) is 25.3 Å². The third-order valence-electron chi connectivity index (χ3n) is 3.86. The number of benzene rings is 1. The molecule has 0 bridgehead atoms. The Kier molecular flexibility index (Phi) is 4.62. The van der Waals surface area contributed by atoms with Gasteiger partial charge < -0.3 is 4.74 Å². The summed E-state index contributed by atoms with van der Waals surface area (Å²) in [6.07, 6.45) is 2.08. The van der Waals surface area contributed by atoms with E-state index in [0.717, 1.165) is 31.5 Å². The van der Waals surface area contributed by atoms with Crippen molar-refractivity contribution in [3.8, 4) is 0 Å². The van der Waals surface area contributed by atoms with Gasteiger partial charge in [-0.15, -0.1) is 0 Å². The van der Waals surface area contributed by atoms with Gasteiger partial charge in [-0.05, 0) is 37.9 Å². The molecule has 1 atom stereocenters. The van der Waals surface area contributed by atoms with Gasteiger partial charge in [0.05, 0.1) is 10.5 Å². The maximum Gasteiger partial charge on any atom is 0.269 e. The molecule has 0 aliphatic carbocycles. The van der Waals surface area contributed by atoms with E-state index in [1.54, 1.807) is 19.2 Å². The summed E-state index contributed by atoms with van der Waals surface area (Å²) in [6.45, 7) is 4.47. The van der Waals surface area contributed by atoms with Gasteiger partial charge in [-0.1, -0.05) is 11.6 Å². The van der Waals surface area contributed by atoms with Gasteiger partial charge in [-0.2, -0.15) is 0 Å². The number of hydrogen-bond donors (Lipinski definition) is 0. The second kappa shape index (κ2) is 6.08. The summed E-state index contributed by atoms with van der Waals surface area (Å²) in [5.74, 6) is 0. The quantitative estimate of drug-likeness (QED) is 0.632. The smallest absolute Gasteiger partial charge is 0.269 e. The summed E-state index contributed by atoms with van der Waals surface area (Å²) in [6, 6.07) is 4.58. The van der Waals surface area contributed by atoms with Gasteiger partial charge in [-0.25, -0.2) is 0 Å². The second-order valence-electron chi connectivity index (χ2n) is 5.50. The molecule has 1 aliphatic heterocycles. The number of non-ortho nitro benzene ring substituents is 1. The fourth-order valence-electron chi connectivity index (χ4n) is 2.65. The SMILES string of the molecule is COC1(C)CCCN(Cc2cc([N+](=O)[O-])ccc2Cl)C1. The van der Waals surface area contributed by atoms with E-state index >= 15 is 0 Å². The molecule has 1 unspecified atom stereocenters. The molecule has 6 heteroatoms. The summed E-state index contributed by atoms with van der Waals surface area (Å²) < 4.78 is 5.56. The summed E-state index contributed by atoms with van der Waals surface area (Å²) in [5.41, 5.74) is 0.725. The predicted octanol–water partition coefficient (Wildman–Crippen LogP) is 3.25. The Morgan fingerprint density at radius 1 is 1.55 bits per heavy atom. The van der Waals surface area contributed by atoms with E-state index in [4.69, 9.17) is 16.3 Å². The molecule has 1 aromatic carbocycles. The summed E-state index contributed by atoms with van der Waals surface area (Å²) in [5, 5.41) is 11.4. The number of ether oxygens (including phenoxy) is 1. The monoisotopic (exact) mass is 298 g/mol. The molecule has 2 rings (SSSR count). The first-order chi connectivity index (χ1) is 9.43. The van der Waals surface area contributed by atoms with Crippen molar-refractivity contribution in [3.63, 3.8) is 0 Å². The Bertz CT molecular complexity index is 509. The molecule has 1 heterocycles. The van der Waals surface area contributed by atoms with Gasteiger partial charge in [-0.3, -0.25) is 15.0 Å². The maximum absolute atomic E-state index is 10.8. The fourth-order valence-corrected chi connectivity index (χ4v) is 2.82. The number of nitro benzene ring substituents is 1. The van der Waals surface area contributed by atoms with Crippen molar-refractivity contribution in [2.24, 2.45) is 0 Å². The molecule has 0 spiro atoms. The normalized spacial score (nSPS) is 23.8. The first-order valence-corrected chi connectivity index (χ1v) is 7.02. The number of piperidine rings is 1. The summed E-state index contributed by atoms with van der Waals surface area (Å²) in [7, 11) is 1.73. The highest BCUT2D eigenvalue weighted by Gasteiger charge is 2.30. The number of hydrogen-bond acceptors (Lipinski definition) is 4. The minimum Gasteiger partial charge on any atom is -0.377 e. The van der Waals surface area contributed by atoms with E-state index in [0.29, 0.717) is 11.6 Å². The van der Waals surface area contributed by atoms with Crippen LogP contribution in [0.2, 0.25) is 5.02 Å². The maximum atomic E-state index is 10.8. The molecule has 0 saturated carbocycles.